The number of carbonyl (C=O) groups is 2. The fourth-order valence-electron chi connectivity index (χ4n) is 5.07. The van der Waals surface area contributed by atoms with Gasteiger partial charge in [-0.15, -0.1) is 0 Å². The summed E-state index contributed by atoms with van der Waals surface area (Å²) in [6, 6.07) is 21.1. The monoisotopic (exact) mass is 686 g/mol. The Hall–Kier alpha value is -5.45. The van der Waals surface area contributed by atoms with Gasteiger partial charge in [0.15, 0.2) is 5.69 Å². The van der Waals surface area contributed by atoms with Crippen LogP contribution in [0.15, 0.2) is 94.5 Å². The van der Waals surface area contributed by atoms with Crippen molar-refractivity contribution < 1.29 is 45.4 Å². The van der Waals surface area contributed by atoms with Crippen LogP contribution in [-0.4, -0.2) is 59.9 Å². The summed E-state index contributed by atoms with van der Waals surface area (Å²) < 4.78 is 80.4. The summed E-state index contributed by atoms with van der Waals surface area (Å²) in [4.78, 5) is 31.3. The number of esters is 1. The zero-order valence-corrected chi connectivity index (χ0v) is 26.1. The number of benzene rings is 3. The lowest BCUT2D eigenvalue weighted by atomic mass is 9.99. The van der Waals surface area contributed by atoms with Crippen LogP contribution < -0.4 is 14.6 Å². The molecular formula is C31H29F3N6O7S. The van der Waals surface area contributed by atoms with E-state index in [4.69, 9.17) is 14.2 Å². The van der Waals surface area contributed by atoms with E-state index in [9.17, 15) is 31.2 Å². The molecule has 0 aliphatic carbocycles. The Morgan fingerprint density at radius 3 is 2.42 bits per heavy atom. The second kappa shape index (κ2) is 13.0. The predicted octanol–water partition coefficient (Wildman–Crippen LogP) is 4.16. The average molecular weight is 687 g/mol. The highest BCUT2D eigenvalue weighted by atomic mass is 32.2. The maximum Gasteiger partial charge on any atom is 0.435 e. The van der Waals surface area contributed by atoms with Crippen molar-refractivity contribution >= 4 is 21.9 Å². The van der Waals surface area contributed by atoms with Gasteiger partial charge in [0.25, 0.3) is 16.8 Å². The van der Waals surface area contributed by atoms with Gasteiger partial charge in [0.1, 0.15) is 5.02 Å². The van der Waals surface area contributed by atoms with Gasteiger partial charge in [-0.1, -0.05) is 48.0 Å². The average Bonchev–Trinajstić information content (AvgIpc) is 3.70. The molecule has 13 nitrogen and oxygen atoms in total. The molecule has 3 aromatic carbocycles. The minimum absolute atomic E-state index is 0.104. The molecule has 1 N–H and O–H groups in total. The number of amides is 1. The van der Waals surface area contributed by atoms with E-state index in [1.54, 1.807) is 59.6 Å². The Morgan fingerprint density at radius 1 is 1.02 bits per heavy atom. The third-order valence-corrected chi connectivity index (χ3v) is 8.97. The van der Waals surface area contributed by atoms with Crippen LogP contribution >= 0.6 is 0 Å². The molecule has 0 spiro atoms. The maximum atomic E-state index is 13.6. The largest absolute Gasteiger partial charge is 0.435 e. The van der Waals surface area contributed by atoms with E-state index in [2.05, 4.69) is 9.82 Å². The van der Waals surface area contributed by atoms with Gasteiger partial charge in [-0.3, -0.25) is 9.80 Å². The van der Waals surface area contributed by atoms with Crippen molar-refractivity contribution in [2.24, 2.45) is 5.92 Å². The molecular weight excluding hydrogens is 657 g/mol. The molecule has 2 aromatic heterocycles. The lowest BCUT2D eigenvalue weighted by Crippen LogP contribution is -2.48. The van der Waals surface area contributed by atoms with Crippen LogP contribution in [0.25, 0.3) is 16.9 Å². The normalized spacial score (nSPS) is 15.3. The van der Waals surface area contributed by atoms with Crippen molar-refractivity contribution in [2.75, 3.05) is 24.9 Å². The first-order chi connectivity index (χ1) is 22.9. The van der Waals surface area contributed by atoms with Crippen LogP contribution in [0.4, 0.5) is 13.2 Å². The molecule has 1 atom stereocenters. The van der Waals surface area contributed by atoms with Gasteiger partial charge >= 0.3 is 12.1 Å². The third kappa shape index (κ3) is 7.25. The number of nitrogens with one attached hydrogen (secondary N) is 1. The van der Waals surface area contributed by atoms with Crippen LogP contribution in [-0.2, 0) is 25.7 Å². The van der Waals surface area contributed by atoms with Crippen molar-refractivity contribution in [3.8, 4) is 16.9 Å². The van der Waals surface area contributed by atoms with Crippen LogP contribution in [0.3, 0.4) is 0 Å². The van der Waals surface area contributed by atoms with Crippen LogP contribution in [0.1, 0.15) is 34.5 Å². The lowest BCUT2D eigenvalue weighted by molar-refractivity contribution is -0.141. The van der Waals surface area contributed by atoms with Crippen LogP contribution in [0.5, 0.6) is 0 Å². The number of sulfonamides is 1. The van der Waals surface area contributed by atoms with E-state index in [0.717, 1.165) is 21.3 Å². The van der Waals surface area contributed by atoms with Crippen molar-refractivity contribution in [3.05, 3.63) is 102 Å². The number of halogens is 3. The highest BCUT2D eigenvalue weighted by molar-refractivity contribution is 7.90. The number of alkyl halides is 3. The van der Waals surface area contributed by atoms with Gasteiger partial charge in [-0.05, 0) is 62.2 Å². The summed E-state index contributed by atoms with van der Waals surface area (Å²) in [5.41, 5.74) is 1.02. The van der Waals surface area contributed by atoms with E-state index in [1.807, 2.05) is 6.92 Å². The fraction of sp³-hybridized carbons (Fsp3) is 0.258. The fourth-order valence-corrected chi connectivity index (χ4v) is 6.11. The second-order valence-corrected chi connectivity index (χ2v) is 12.7. The lowest BCUT2D eigenvalue weighted by Gasteiger charge is -2.28. The summed E-state index contributed by atoms with van der Waals surface area (Å²) in [6.45, 7) is 2.00. The Kier molecular flexibility index (Phi) is 8.79. The molecule has 0 saturated carbocycles. The SMILES string of the molecule is Cc1ccc(-c2cc(C(F)(F)F)nn2-c2ccc(S(=O)(=O)NC(=O)C3CCCN(n4on4OCOC(=O)c4ccccc4)C3)cc2)cc1. The molecule has 0 bridgehead atoms. The number of rotatable bonds is 10. The van der Waals surface area contributed by atoms with E-state index < -0.39 is 46.5 Å². The molecule has 0 radical (unpaired) electrons. The van der Waals surface area contributed by atoms with Gasteiger partial charge in [-0.25, -0.2) is 22.6 Å². The topological polar surface area (TPSA) is 143 Å². The Labute approximate surface area is 271 Å². The summed E-state index contributed by atoms with van der Waals surface area (Å²) in [5, 5.41) is 6.32. The van der Waals surface area contributed by atoms with Gasteiger partial charge in [0, 0.05) is 17.1 Å². The van der Waals surface area contributed by atoms with Gasteiger partial charge in [0.05, 0.1) is 34.3 Å². The zero-order chi connectivity index (χ0) is 34.1. The Morgan fingerprint density at radius 2 is 1.73 bits per heavy atom. The highest BCUT2D eigenvalue weighted by Gasteiger charge is 2.36. The molecule has 1 fully saturated rings. The number of piperidine rings is 1. The first-order valence-corrected chi connectivity index (χ1v) is 16.2. The molecule has 1 saturated heterocycles. The Balaban J connectivity index is 1.08. The second-order valence-electron chi connectivity index (χ2n) is 11.0. The minimum Gasteiger partial charge on any atom is -0.422 e. The summed E-state index contributed by atoms with van der Waals surface area (Å²) in [7, 11) is -4.33. The molecule has 1 amide bonds. The van der Waals surface area contributed by atoms with Gasteiger partial charge in [0.2, 0.25) is 5.91 Å². The van der Waals surface area contributed by atoms with Gasteiger partial charge in [-0.2, -0.15) is 22.9 Å². The molecule has 17 heteroatoms. The number of hydrogen-bond donors (Lipinski definition) is 1. The van der Waals surface area contributed by atoms with Crippen LogP contribution in [0, 0.1) is 12.8 Å². The number of hydrogen-bond acceptors (Lipinski definition) is 9. The standard InChI is InChI=1S/C31H29F3N6O7S/c1-21-9-11-22(12-10-21)27-18-28(31(32,33)34)35-38(27)25-13-15-26(16-14-25)48(43,44)36-29(41)24-8-5-17-37(19-24)39-40(47-39)46-20-45-30(42)23-6-3-2-4-7-23/h2-4,6-7,9-16,18,24H,5,8,17,19-20H2,1H3,(H,36,41). The number of carbonyl (C=O) groups excluding carboxylic acids is 2. The van der Waals surface area contributed by atoms with Crippen molar-refractivity contribution in [3.63, 3.8) is 0 Å². The third-order valence-electron chi connectivity index (χ3n) is 7.61. The van der Waals surface area contributed by atoms with E-state index in [0.29, 0.717) is 30.5 Å². The first kappa shape index (κ1) is 32.5. The molecule has 1 aliphatic heterocycles. The smallest absolute Gasteiger partial charge is 0.422 e. The first-order valence-electron chi connectivity index (χ1n) is 14.7. The Bertz CT molecular complexity index is 2000. The van der Waals surface area contributed by atoms with Gasteiger partial charge < -0.3 is 9.57 Å². The number of nitrogens with zero attached hydrogens (tertiary/aromatic N) is 5. The summed E-state index contributed by atoms with van der Waals surface area (Å²) in [6.07, 6.45) is -3.75. The highest BCUT2D eigenvalue weighted by Crippen LogP contribution is 2.33. The molecule has 5 aromatic rings. The van der Waals surface area contributed by atoms with Crippen molar-refractivity contribution in [2.45, 2.75) is 30.8 Å². The maximum absolute atomic E-state index is 13.6. The molecule has 1 unspecified atom stereocenters. The van der Waals surface area contributed by atoms with E-state index >= 15 is 0 Å². The molecule has 3 heterocycles. The van der Waals surface area contributed by atoms with E-state index in [-0.39, 0.29) is 22.8 Å². The number of ether oxygens (including phenoxy) is 1. The van der Waals surface area contributed by atoms with Crippen LogP contribution in [0.2, 0.25) is 0 Å². The van der Waals surface area contributed by atoms with Crippen molar-refractivity contribution in [1.29, 1.82) is 0 Å². The minimum atomic E-state index is -4.70. The molecule has 252 valence electrons. The number of aromatic nitrogens is 4. The molecule has 6 rings (SSSR count). The quantitative estimate of drug-likeness (QED) is 0.169. The molecule has 1 aliphatic rings. The zero-order valence-electron chi connectivity index (χ0n) is 25.3. The molecule has 48 heavy (non-hydrogen) atoms. The summed E-state index contributed by atoms with van der Waals surface area (Å²) >= 11 is 0. The van der Waals surface area contributed by atoms with Crippen molar-refractivity contribution in [1.82, 2.24) is 24.5 Å². The summed E-state index contributed by atoms with van der Waals surface area (Å²) in [5.74, 6) is -2.05. The predicted molar refractivity (Wildman–Crippen MR) is 163 cm³/mol. The number of aryl methyl sites for hydroxylation is 1. The van der Waals surface area contributed by atoms with E-state index in [1.165, 1.54) is 29.2 Å².